The van der Waals surface area contributed by atoms with Crippen molar-refractivity contribution in [2.75, 3.05) is 18.1 Å². The molecule has 2 N–H and O–H groups in total. The number of nitrogens with two attached hydrogens (primary N) is 1. The molecule has 4 rings (SSSR count). The van der Waals surface area contributed by atoms with Crippen LogP contribution < -0.4 is 15.6 Å². The lowest BCUT2D eigenvalue weighted by Gasteiger charge is -2.15. The Hall–Kier alpha value is -2.36. The molecule has 1 aromatic heterocycles. The molecule has 2 aromatic rings. The molecule has 1 aromatic carbocycles. The van der Waals surface area contributed by atoms with Crippen LogP contribution in [0.1, 0.15) is 29.1 Å². The van der Waals surface area contributed by atoms with E-state index in [1.165, 1.54) is 13.0 Å². The Balaban J connectivity index is 2.01. The van der Waals surface area contributed by atoms with E-state index in [1.54, 1.807) is 0 Å². The number of fused-ring (bicyclic) bond motifs is 3. The molecule has 2 aliphatic heterocycles. The molecule has 0 aliphatic carbocycles. The third-order valence-corrected chi connectivity index (χ3v) is 5.11. The number of rotatable bonds is 1. The summed E-state index contributed by atoms with van der Waals surface area (Å²) < 4.78 is 70.8. The highest BCUT2D eigenvalue weighted by molar-refractivity contribution is 7.18. The van der Waals surface area contributed by atoms with Crippen LogP contribution in [0.2, 0.25) is 0 Å². The Morgan fingerprint density at radius 3 is 2.81 bits per heavy atom. The highest BCUT2D eigenvalue weighted by Gasteiger charge is 2.36. The number of hydrogen-bond acceptors (Lipinski definition) is 6. The zero-order valence-electron chi connectivity index (χ0n) is 17.4. The van der Waals surface area contributed by atoms with Gasteiger partial charge in [0, 0.05) is 11.1 Å². The molecule has 0 spiro atoms. The molecule has 1 atom stereocenters. The van der Waals surface area contributed by atoms with Crippen molar-refractivity contribution in [3.05, 3.63) is 46.5 Å². The van der Waals surface area contributed by atoms with E-state index in [0.717, 1.165) is 28.5 Å². The van der Waals surface area contributed by atoms with Crippen molar-refractivity contribution in [1.29, 1.82) is 0 Å². The molecule has 0 radical (unpaired) electrons. The normalized spacial score (nSPS) is 26.0. The minimum Gasteiger partial charge on any atom is -0.481 e. The molecule has 1 amide bonds. The van der Waals surface area contributed by atoms with Gasteiger partial charge in [-0.1, -0.05) is 17.4 Å². The third kappa shape index (κ3) is 2.59. The van der Waals surface area contributed by atoms with E-state index < -0.39 is 48.9 Å². The van der Waals surface area contributed by atoms with Crippen molar-refractivity contribution in [3.63, 3.8) is 0 Å². The lowest BCUT2D eigenvalue weighted by atomic mass is 9.99. The van der Waals surface area contributed by atoms with Gasteiger partial charge >= 0.3 is 0 Å². The SMILES string of the molecule is [2H]C1([2H])OCc2c(sc3c2C(c2c(F)cccc2F)=N[C@@H](C)C(=O)N3N)OC1([2H])[2H]. The first-order valence-corrected chi connectivity index (χ1v) is 8.36. The summed E-state index contributed by atoms with van der Waals surface area (Å²) in [7, 11) is 0. The maximum Gasteiger partial charge on any atom is 0.266 e. The zero-order chi connectivity index (χ0) is 22.0. The molecule has 2 aliphatic rings. The first kappa shape index (κ1) is 12.9. The van der Waals surface area contributed by atoms with Gasteiger partial charge in [-0.05, 0) is 19.1 Å². The smallest absolute Gasteiger partial charge is 0.266 e. The quantitative estimate of drug-likeness (QED) is 0.606. The van der Waals surface area contributed by atoms with Crippen molar-refractivity contribution < 1.29 is 28.5 Å². The summed E-state index contributed by atoms with van der Waals surface area (Å²) in [5, 5.41) is 0.661. The molecule has 6 nitrogen and oxygen atoms in total. The van der Waals surface area contributed by atoms with Crippen LogP contribution in [0, 0.1) is 11.6 Å². The average molecular weight is 383 g/mol. The number of aliphatic imine (C=N–C) groups is 1. The number of ether oxygens (including phenoxy) is 2. The average Bonchev–Trinajstić information content (AvgIpc) is 2.92. The highest BCUT2D eigenvalue weighted by Crippen LogP contribution is 2.45. The Morgan fingerprint density at radius 2 is 2.08 bits per heavy atom. The summed E-state index contributed by atoms with van der Waals surface area (Å²) in [6.45, 7) is -4.77. The van der Waals surface area contributed by atoms with Gasteiger partial charge in [0.05, 0.1) is 29.9 Å². The zero-order valence-corrected chi connectivity index (χ0v) is 14.2. The maximum atomic E-state index is 14.6. The van der Waals surface area contributed by atoms with E-state index in [1.807, 2.05) is 0 Å². The van der Waals surface area contributed by atoms with Crippen LogP contribution in [0.15, 0.2) is 23.2 Å². The van der Waals surface area contributed by atoms with Crippen LogP contribution in [0.4, 0.5) is 13.8 Å². The standard InChI is InChI=1S/C17H15F2N3O3S/c1-8-15(23)22(20)16-12(9-7-24-5-6-25-17(9)26-16)14(21-8)13-10(18)3-2-4-11(13)19/h2-4,8H,5-7,20H2,1H3/t8-/m0/s1/i5D2,6D2. The molecule has 0 fully saturated rings. The summed E-state index contributed by atoms with van der Waals surface area (Å²) in [6.07, 6.45) is 0. The number of amides is 1. The molecule has 0 saturated carbocycles. The Bertz CT molecular complexity index is 1070. The second kappa shape index (κ2) is 6.42. The number of anilines is 1. The lowest BCUT2D eigenvalue weighted by molar-refractivity contribution is -0.119. The number of carbonyl (C=O) groups excluding carboxylic acids is 1. The minimum absolute atomic E-state index is 0.0210. The molecule has 0 bridgehead atoms. The molecular weight excluding hydrogens is 364 g/mol. The number of benzene rings is 1. The molecule has 136 valence electrons. The second-order valence-electron chi connectivity index (χ2n) is 5.60. The number of hydrazine groups is 1. The summed E-state index contributed by atoms with van der Waals surface area (Å²) in [6, 6.07) is 2.19. The predicted molar refractivity (Wildman–Crippen MR) is 92.6 cm³/mol. The fourth-order valence-corrected chi connectivity index (χ4v) is 3.85. The first-order chi connectivity index (χ1) is 13.9. The van der Waals surface area contributed by atoms with Crippen molar-refractivity contribution in [2.24, 2.45) is 10.8 Å². The van der Waals surface area contributed by atoms with E-state index in [4.69, 9.17) is 20.8 Å². The second-order valence-corrected chi connectivity index (χ2v) is 6.56. The van der Waals surface area contributed by atoms with Gasteiger partial charge in [-0.3, -0.25) is 9.79 Å². The number of hydrogen-bond donors (Lipinski definition) is 1. The van der Waals surface area contributed by atoms with Crippen LogP contribution in [0.25, 0.3) is 0 Å². The Labute approximate surface area is 157 Å². The maximum absolute atomic E-state index is 14.6. The van der Waals surface area contributed by atoms with Crippen LogP contribution in [-0.4, -0.2) is 30.8 Å². The third-order valence-electron chi connectivity index (χ3n) is 4.00. The van der Waals surface area contributed by atoms with Crippen molar-refractivity contribution in [3.8, 4) is 5.06 Å². The molecule has 3 heterocycles. The topological polar surface area (TPSA) is 77.2 Å². The van der Waals surface area contributed by atoms with Crippen LogP contribution in [-0.2, 0) is 16.1 Å². The lowest BCUT2D eigenvalue weighted by Crippen LogP contribution is -2.41. The van der Waals surface area contributed by atoms with Crippen molar-refractivity contribution in [2.45, 2.75) is 19.6 Å². The largest absolute Gasteiger partial charge is 0.481 e. The van der Waals surface area contributed by atoms with E-state index in [-0.39, 0.29) is 26.9 Å². The van der Waals surface area contributed by atoms with Crippen molar-refractivity contribution >= 4 is 28.0 Å². The number of carbonyl (C=O) groups is 1. The Kier molecular flexibility index (Phi) is 3.19. The van der Waals surface area contributed by atoms with E-state index in [2.05, 4.69) is 4.99 Å². The Morgan fingerprint density at radius 1 is 1.35 bits per heavy atom. The van der Waals surface area contributed by atoms with Crippen LogP contribution >= 0.6 is 11.3 Å². The predicted octanol–water partition coefficient (Wildman–Crippen LogP) is 2.38. The van der Waals surface area contributed by atoms with Crippen LogP contribution in [0.5, 0.6) is 5.06 Å². The van der Waals surface area contributed by atoms with Gasteiger partial charge in [0.15, 0.2) is 5.06 Å². The summed E-state index contributed by atoms with van der Waals surface area (Å²) >= 11 is 0.737. The molecule has 9 heteroatoms. The van der Waals surface area contributed by atoms with Crippen molar-refractivity contribution in [1.82, 2.24) is 0 Å². The van der Waals surface area contributed by atoms with Gasteiger partial charge in [-0.2, -0.15) is 0 Å². The van der Waals surface area contributed by atoms with Gasteiger partial charge in [-0.25, -0.2) is 19.6 Å². The van der Waals surface area contributed by atoms with Gasteiger partial charge < -0.3 is 9.47 Å². The summed E-state index contributed by atoms with van der Waals surface area (Å²) in [5.41, 5.74) is -0.613. The number of halogens is 2. The van der Waals surface area contributed by atoms with Crippen LogP contribution in [0.3, 0.4) is 0 Å². The van der Waals surface area contributed by atoms with E-state index in [9.17, 15) is 13.6 Å². The van der Waals surface area contributed by atoms with Gasteiger partial charge in [0.2, 0.25) is 0 Å². The molecular formula is C17H15F2N3O3S. The number of thiophene rings is 1. The molecule has 0 unspecified atom stereocenters. The van der Waals surface area contributed by atoms with E-state index in [0.29, 0.717) is 0 Å². The van der Waals surface area contributed by atoms with E-state index >= 15 is 0 Å². The monoisotopic (exact) mass is 383 g/mol. The van der Waals surface area contributed by atoms with Gasteiger partial charge in [0.1, 0.15) is 29.2 Å². The number of nitrogens with zero attached hydrogens (tertiary/aromatic N) is 2. The first-order valence-electron chi connectivity index (χ1n) is 9.54. The summed E-state index contributed by atoms with van der Waals surface area (Å²) in [4.78, 5) is 16.8. The highest BCUT2D eigenvalue weighted by atomic mass is 32.1. The van der Waals surface area contributed by atoms with Gasteiger partial charge in [0.25, 0.3) is 5.91 Å². The summed E-state index contributed by atoms with van der Waals surface area (Å²) in [5.74, 6) is 3.43. The molecule has 0 saturated heterocycles. The van der Waals surface area contributed by atoms with Gasteiger partial charge in [-0.15, -0.1) is 0 Å². The fourth-order valence-electron chi connectivity index (χ4n) is 2.79. The fraction of sp³-hybridized carbons (Fsp3) is 0.294. The minimum atomic E-state index is -2.88. The molecule has 26 heavy (non-hydrogen) atoms.